The van der Waals surface area contributed by atoms with Crippen molar-refractivity contribution < 1.29 is 5.11 Å². The van der Waals surface area contributed by atoms with Crippen LogP contribution in [0.4, 0.5) is 0 Å². The molecule has 1 heteroatoms. The van der Waals surface area contributed by atoms with Gasteiger partial charge in [-0.25, -0.2) is 0 Å². The van der Waals surface area contributed by atoms with Crippen molar-refractivity contribution in [1.82, 2.24) is 0 Å². The lowest BCUT2D eigenvalue weighted by Gasteiger charge is -2.40. The van der Waals surface area contributed by atoms with Gasteiger partial charge in [-0.3, -0.25) is 0 Å². The van der Waals surface area contributed by atoms with E-state index in [-0.39, 0.29) is 11.5 Å². The molecule has 0 aromatic heterocycles. The van der Waals surface area contributed by atoms with Crippen LogP contribution in [0.3, 0.4) is 0 Å². The summed E-state index contributed by atoms with van der Waals surface area (Å²) >= 11 is 0. The molecule has 0 aliphatic heterocycles. The van der Waals surface area contributed by atoms with Gasteiger partial charge in [0.2, 0.25) is 0 Å². The van der Waals surface area contributed by atoms with Crippen LogP contribution in [0.15, 0.2) is 11.1 Å². The van der Waals surface area contributed by atoms with Crippen molar-refractivity contribution in [1.29, 1.82) is 0 Å². The van der Waals surface area contributed by atoms with Crippen molar-refractivity contribution in [2.24, 2.45) is 5.41 Å². The van der Waals surface area contributed by atoms with Gasteiger partial charge in [0.1, 0.15) is 0 Å². The number of allylic oxidation sites excluding steroid dienone is 2. The van der Waals surface area contributed by atoms with Crippen molar-refractivity contribution in [2.45, 2.75) is 65.9 Å². The lowest BCUT2D eigenvalue weighted by Crippen LogP contribution is -2.35. The van der Waals surface area contributed by atoms with E-state index in [1.165, 1.54) is 30.4 Å². The molecular formula is C13H24O. The highest BCUT2D eigenvalue weighted by Gasteiger charge is 2.36. The highest BCUT2D eigenvalue weighted by atomic mass is 16.3. The van der Waals surface area contributed by atoms with Crippen LogP contribution >= 0.6 is 0 Å². The molecule has 14 heavy (non-hydrogen) atoms. The van der Waals surface area contributed by atoms with Gasteiger partial charge in [0.05, 0.1) is 6.10 Å². The molecule has 0 saturated heterocycles. The first-order valence-corrected chi connectivity index (χ1v) is 5.85. The molecule has 0 saturated carbocycles. The van der Waals surface area contributed by atoms with E-state index in [0.29, 0.717) is 0 Å². The fourth-order valence-electron chi connectivity index (χ4n) is 2.69. The molecular weight excluding hydrogens is 172 g/mol. The average Bonchev–Trinajstić information content (AvgIpc) is 2.12. The van der Waals surface area contributed by atoms with Crippen molar-refractivity contribution in [2.75, 3.05) is 0 Å². The SMILES string of the molecule is CCC[C@@]1([C@H](C)O)CCC(C)=C(C)C1. The Balaban J connectivity index is 2.82. The van der Waals surface area contributed by atoms with Crippen molar-refractivity contribution in [3.63, 3.8) is 0 Å². The van der Waals surface area contributed by atoms with Gasteiger partial charge in [-0.15, -0.1) is 0 Å². The third kappa shape index (κ3) is 2.20. The van der Waals surface area contributed by atoms with Gasteiger partial charge in [0.25, 0.3) is 0 Å². The zero-order valence-electron chi connectivity index (χ0n) is 10.1. The Labute approximate surface area is 88.2 Å². The number of hydrogen-bond acceptors (Lipinski definition) is 1. The molecule has 0 unspecified atom stereocenters. The van der Waals surface area contributed by atoms with Crippen LogP contribution in [0.2, 0.25) is 0 Å². The van der Waals surface area contributed by atoms with E-state index < -0.39 is 0 Å². The first kappa shape index (κ1) is 11.8. The molecule has 1 rings (SSSR count). The smallest absolute Gasteiger partial charge is 0.0571 e. The lowest BCUT2D eigenvalue weighted by molar-refractivity contribution is 0.0195. The number of rotatable bonds is 3. The fraction of sp³-hybridized carbons (Fsp3) is 0.846. The minimum atomic E-state index is -0.162. The van der Waals surface area contributed by atoms with Gasteiger partial charge in [-0.2, -0.15) is 0 Å². The summed E-state index contributed by atoms with van der Waals surface area (Å²) in [5.41, 5.74) is 3.22. The first-order valence-electron chi connectivity index (χ1n) is 5.85. The highest BCUT2D eigenvalue weighted by molar-refractivity contribution is 5.17. The second-order valence-electron chi connectivity index (χ2n) is 5.03. The Kier molecular flexibility index (Phi) is 3.77. The van der Waals surface area contributed by atoms with Gasteiger partial charge in [-0.05, 0) is 46.5 Å². The summed E-state index contributed by atoms with van der Waals surface area (Å²) in [5.74, 6) is 0. The third-order valence-corrected chi connectivity index (χ3v) is 3.98. The maximum Gasteiger partial charge on any atom is 0.0571 e. The minimum Gasteiger partial charge on any atom is -0.393 e. The summed E-state index contributed by atoms with van der Waals surface area (Å²) in [6.45, 7) is 8.63. The molecule has 2 atom stereocenters. The van der Waals surface area contributed by atoms with Crippen LogP contribution < -0.4 is 0 Å². The van der Waals surface area contributed by atoms with Crippen LogP contribution in [0, 0.1) is 5.41 Å². The second kappa shape index (κ2) is 4.48. The summed E-state index contributed by atoms with van der Waals surface area (Å²) < 4.78 is 0. The van der Waals surface area contributed by atoms with Crippen LogP contribution in [0.25, 0.3) is 0 Å². The Bertz CT molecular complexity index is 227. The summed E-state index contributed by atoms with van der Waals surface area (Å²) in [7, 11) is 0. The number of aliphatic hydroxyl groups excluding tert-OH is 1. The highest BCUT2D eigenvalue weighted by Crippen LogP contribution is 2.45. The zero-order valence-corrected chi connectivity index (χ0v) is 10.1. The predicted octanol–water partition coefficient (Wildman–Crippen LogP) is 3.67. The van der Waals surface area contributed by atoms with Crippen molar-refractivity contribution in [3.8, 4) is 0 Å². The quantitative estimate of drug-likeness (QED) is 0.683. The van der Waals surface area contributed by atoms with Crippen LogP contribution in [-0.4, -0.2) is 11.2 Å². The molecule has 1 nitrogen and oxygen atoms in total. The molecule has 0 fully saturated rings. The van der Waals surface area contributed by atoms with Gasteiger partial charge < -0.3 is 5.11 Å². The minimum absolute atomic E-state index is 0.162. The van der Waals surface area contributed by atoms with Crippen molar-refractivity contribution >= 4 is 0 Å². The Morgan fingerprint density at radius 1 is 1.36 bits per heavy atom. The maximum absolute atomic E-state index is 9.94. The Morgan fingerprint density at radius 2 is 2.00 bits per heavy atom. The van der Waals surface area contributed by atoms with E-state index in [0.717, 1.165) is 12.8 Å². The summed E-state index contributed by atoms with van der Waals surface area (Å²) in [5, 5.41) is 9.94. The van der Waals surface area contributed by atoms with E-state index in [4.69, 9.17) is 0 Å². The maximum atomic E-state index is 9.94. The van der Waals surface area contributed by atoms with Crippen LogP contribution in [0.5, 0.6) is 0 Å². The fourth-order valence-corrected chi connectivity index (χ4v) is 2.69. The average molecular weight is 196 g/mol. The van der Waals surface area contributed by atoms with Crippen LogP contribution in [0.1, 0.15) is 59.8 Å². The molecule has 1 aliphatic carbocycles. The number of hydrogen-bond donors (Lipinski definition) is 1. The topological polar surface area (TPSA) is 20.2 Å². The Morgan fingerprint density at radius 3 is 2.43 bits per heavy atom. The standard InChI is InChI=1S/C13H24O/c1-5-7-13(12(4)14)8-6-10(2)11(3)9-13/h12,14H,5-9H2,1-4H3/t12-,13+/m0/s1. The van der Waals surface area contributed by atoms with Crippen molar-refractivity contribution in [3.05, 3.63) is 11.1 Å². The molecule has 82 valence electrons. The Hall–Kier alpha value is -0.300. The van der Waals surface area contributed by atoms with E-state index >= 15 is 0 Å². The molecule has 0 heterocycles. The van der Waals surface area contributed by atoms with E-state index in [1.54, 1.807) is 0 Å². The molecule has 0 amide bonds. The van der Waals surface area contributed by atoms with Gasteiger partial charge in [0.15, 0.2) is 0 Å². The summed E-state index contributed by atoms with van der Waals surface area (Å²) in [6, 6.07) is 0. The van der Waals surface area contributed by atoms with Crippen LogP contribution in [-0.2, 0) is 0 Å². The molecule has 0 aromatic rings. The summed E-state index contributed by atoms with van der Waals surface area (Å²) in [4.78, 5) is 0. The van der Waals surface area contributed by atoms with Gasteiger partial charge >= 0.3 is 0 Å². The van der Waals surface area contributed by atoms with Gasteiger partial charge in [0, 0.05) is 5.41 Å². The molecule has 0 aromatic carbocycles. The monoisotopic (exact) mass is 196 g/mol. The normalized spacial score (nSPS) is 30.6. The molecule has 0 radical (unpaired) electrons. The van der Waals surface area contributed by atoms with E-state index in [2.05, 4.69) is 20.8 Å². The zero-order chi connectivity index (χ0) is 10.8. The lowest BCUT2D eigenvalue weighted by atomic mass is 9.66. The molecule has 0 bridgehead atoms. The molecule has 0 spiro atoms. The van der Waals surface area contributed by atoms with Gasteiger partial charge in [-0.1, -0.05) is 24.5 Å². The van der Waals surface area contributed by atoms with E-state index in [1.807, 2.05) is 6.92 Å². The largest absolute Gasteiger partial charge is 0.393 e. The predicted molar refractivity (Wildman–Crippen MR) is 61.2 cm³/mol. The molecule has 1 N–H and O–H groups in total. The third-order valence-electron chi connectivity index (χ3n) is 3.98. The summed E-state index contributed by atoms with van der Waals surface area (Å²) in [6.07, 6.45) is 5.63. The first-order chi connectivity index (χ1) is 6.52. The molecule has 1 aliphatic rings. The number of aliphatic hydroxyl groups is 1. The second-order valence-corrected chi connectivity index (χ2v) is 5.03. The van der Waals surface area contributed by atoms with E-state index in [9.17, 15) is 5.11 Å².